The van der Waals surface area contributed by atoms with Crippen LogP contribution in [0.15, 0.2) is 24.3 Å². The summed E-state index contributed by atoms with van der Waals surface area (Å²) in [4.78, 5) is 10.6. The molecule has 0 unspecified atom stereocenters. The van der Waals surface area contributed by atoms with Crippen LogP contribution in [0.1, 0.15) is 5.56 Å². The second-order valence-electron chi connectivity index (χ2n) is 2.71. The first-order valence-electron chi connectivity index (χ1n) is 4.27. The fraction of sp³-hybridized carbons (Fsp3) is 0.182. The average molecular weight is 227 g/mol. The van der Waals surface area contributed by atoms with Gasteiger partial charge in [0.05, 0.1) is 19.8 Å². The Kier molecular flexibility index (Phi) is 4.18. The molecule has 0 aromatic heterocycles. The zero-order valence-electron chi connectivity index (χ0n) is 8.49. The molecule has 1 aromatic rings. The molecule has 0 N–H and O–H groups in total. The number of carbonyl (C=O) groups is 1. The van der Waals surface area contributed by atoms with Gasteiger partial charge in [-0.3, -0.25) is 4.79 Å². The number of benzene rings is 1. The van der Waals surface area contributed by atoms with Gasteiger partial charge >= 0.3 is 0 Å². The normalized spacial score (nSPS) is 10.3. The van der Waals surface area contributed by atoms with E-state index < -0.39 is 5.24 Å². The predicted octanol–water partition coefficient (Wildman–Crippen LogP) is 2.48. The fourth-order valence-electron chi connectivity index (χ4n) is 1.19. The molecule has 15 heavy (non-hydrogen) atoms. The summed E-state index contributed by atoms with van der Waals surface area (Å²) >= 11 is 5.21. The van der Waals surface area contributed by atoms with E-state index in [9.17, 15) is 4.79 Å². The van der Waals surface area contributed by atoms with Crippen LogP contribution in [0, 0.1) is 0 Å². The highest BCUT2D eigenvalue weighted by Crippen LogP contribution is 2.29. The van der Waals surface area contributed by atoms with Crippen LogP contribution in [0.25, 0.3) is 6.08 Å². The SMILES string of the molecule is COc1cccc(OC)c1C=CC(=O)Cl. The van der Waals surface area contributed by atoms with E-state index in [0.29, 0.717) is 17.1 Å². The van der Waals surface area contributed by atoms with Crippen molar-refractivity contribution in [3.63, 3.8) is 0 Å². The second-order valence-corrected chi connectivity index (χ2v) is 3.09. The molecule has 1 rings (SSSR count). The van der Waals surface area contributed by atoms with E-state index in [1.54, 1.807) is 38.5 Å². The molecule has 0 heterocycles. The van der Waals surface area contributed by atoms with Crippen molar-refractivity contribution < 1.29 is 14.3 Å². The number of carbonyl (C=O) groups excluding carboxylic acids is 1. The number of rotatable bonds is 4. The van der Waals surface area contributed by atoms with Crippen molar-refractivity contribution in [1.82, 2.24) is 0 Å². The minimum Gasteiger partial charge on any atom is -0.496 e. The summed E-state index contributed by atoms with van der Waals surface area (Å²) in [5.41, 5.74) is 0.691. The third-order valence-corrected chi connectivity index (χ3v) is 1.97. The molecular weight excluding hydrogens is 216 g/mol. The third-order valence-electron chi connectivity index (χ3n) is 1.85. The van der Waals surface area contributed by atoms with Crippen molar-refractivity contribution in [2.75, 3.05) is 14.2 Å². The van der Waals surface area contributed by atoms with Crippen LogP contribution in [0.5, 0.6) is 11.5 Å². The number of halogens is 1. The predicted molar refractivity (Wildman–Crippen MR) is 59.4 cm³/mol. The first-order valence-corrected chi connectivity index (χ1v) is 4.65. The van der Waals surface area contributed by atoms with Gasteiger partial charge in [0.1, 0.15) is 11.5 Å². The summed E-state index contributed by atoms with van der Waals surface area (Å²) in [5.74, 6) is 1.26. The molecule has 0 spiro atoms. The zero-order chi connectivity index (χ0) is 11.3. The monoisotopic (exact) mass is 226 g/mol. The molecule has 0 aliphatic rings. The van der Waals surface area contributed by atoms with Gasteiger partial charge in [-0.15, -0.1) is 0 Å². The number of allylic oxidation sites excluding steroid dienone is 1. The maximum atomic E-state index is 10.6. The van der Waals surface area contributed by atoms with Crippen molar-refractivity contribution in [3.05, 3.63) is 29.8 Å². The van der Waals surface area contributed by atoms with Crippen LogP contribution in [-0.2, 0) is 4.79 Å². The summed E-state index contributed by atoms with van der Waals surface area (Å²) in [6.07, 6.45) is 2.81. The summed E-state index contributed by atoms with van der Waals surface area (Å²) in [6.45, 7) is 0. The second kappa shape index (κ2) is 5.41. The fourth-order valence-corrected chi connectivity index (χ4v) is 1.26. The summed E-state index contributed by atoms with van der Waals surface area (Å²) in [7, 11) is 3.10. The molecule has 0 radical (unpaired) electrons. The number of ether oxygens (including phenoxy) is 2. The van der Waals surface area contributed by atoms with Gasteiger partial charge in [0.2, 0.25) is 5.24 Å². The van der Waals surface area contributed by atoms with Crippen LogP contribution in [0.4, 0.5) is 0 Å². The number of methoxy groups -OCH3 is 2. The van der Waals surface area contributed by atoms with Gasteiger partial charge in [-0.25, -0.2) is 0 Å². The van der Waals surface area contributed by atoms with Crippen LogP contribution in [-0.4, -0.2) is 19.5 Å². The first kappa shape index (κ1) is 11.6. The Hall–Kier alpha value is -1.48. The van der Waals surface area contributed by atoms with Gasteiger partial charge in [0.15, 0.2) is 0 Å². The van der Waals surface area contributed by atoms with Crippen molar-refractivity contribution in [2.45, 2.75) is 0 Å². The van der Waals surface area contributed by atoms with Crippen molar-refractivity contribution in [2.24, 2.45) is 0 Å². The minimum atomic E-state index is -0.539. The summed E-state index contributed by atoms with van der Waals surface area (Å²) in [5, 5.41) is -0.539. The molecule has 0 fully saturated rings. The molecule has 0 amide bonds. The van der Waals surface area contributed by atoms with Gasteiger partial charge in [0, 0.05) is 0 Å². The molecule has 3 nitrogen and oxygen atoms in total. The average Bonchev–Trinajstić information content (AvgIpc) is 2.25. The zero-order valence-corrected chi connectivity index (χ0v) is 9.25. The van der Waals surface area contributed by atoms with E-state index in [0.717, 1.165) is 0 Å². The van der Waals surface area contributed by atoms with Gasteiger partial charge in [-0.2, -0.15) is 0 Å². The van der Waals surface area contributed by atoms with E-state index in [4.69, 9.17) is 21.1 Å². The Morgan fingerprint density at radius 2 is 1.80 bits per heavy atom. The maximum absolute atomic E-state index is 10.6. The molecule has 0 aliphatic heterocycles. The Balaban J connectivity index is 3.16. The topological polar surface area (TPSA) is 35.5 Å². The van der Waals surface area contributed by atoms with E-state index in [2.05, 4.69) is 0 Å². The Morgan fingerprint density at radius 1 is 1.27 bits per heavy atom. The quantitative estimate of drug-likeness (QED) is 0.585. The highest BCUT2D eigenvalue weighted by atomic mass is 35.5. The van der Waals surface area contributed by atoms with Gasteiger partial charge in [-0.1, -0.05) is 6.07 Å². The highest BCUT2D eigenvalue weighted by Gasteiger charge is 2.06. The van der Waals surface area contributed by atoms with Crippen molar-refractivity contribution >= 4 is 22.9 Å². The van der Waals surface area contributed by atoms with E-state index >= 15 is 0 Å². The molecule has 4 heteroatoms. The van der Waals surface area contributed by atoms with Gasteiger partial charge in [0.25, 0.3) is 0 Å². The van der Waals surface area contributed by atoms with Crippen molar-refractivity contribution in [1.29, 1.82) is 0 Å². The molecule has 0 saturated carbocycles. The summed E-state index contributed by atoms with van der Waals surface area (Å²) < 4.78 is 10.3. The molecule has 0 aliphatic carbocycles. The van der Waals surface area contributed by atoms with Gasteiger partial charge < -0.3 is 9.47 Å². The minimum absolute atomic E-state index is 0.539. The Labute approximate surface area is 93.3 Å². The molecule has 0 atom stereocenters. The Bertz CT molecular complexity index is 363. The molecule has 0 bridgehead atoms. The van der Waals surface area contributed by atoms with E-state index in [1.165, 1.54) is 6.08 Å². The van der Waals surface area contributed by atoms with Crippen LogP contribution >= 0.6 is 11.6 Å². The maximum Gasteiger partial charge on any atom is 0.245 e. The lowest BCUT2D eigenvalue weighted by Crippen LogP contribution is -1.92. The molecular formula is C11H11ClO3. The largest absolute Gasteiger partial charge is 0.496 e. The van der Waals surface area contributed by atoms with Crippen LogP contribution in [0.3, 0.4) is 0 Å². The Morgan fingerprint density at radius 3 is 2.20 bits per heavy atom. The lowest BCUT2D eigenvalue weighted by Gasteiger charge is -2.09. The van der Waals surface area contributed by atoms with E-state index in [-0.39, 0.29) is 0 Å². The lowest BCUT2D eigenvalue weighted by molar-refractivity contribution is -0.107. The smallest absolute Gasteiger partial charge is 0.245 e. The van der Waals surface area contributed by atoms with E-state index in [1.807, 2.05) is 0 Å². The molecule has 80 valence electrons. The first-order chi connectivity index (χ1) is 7.19. The molecule has 0 saturated heterocycles. The number of hydrogen-bond acceptors (Lipinski definition) is 3. The van der Waals surface area contributed by atoms with Crippen LogP contribution < -0.4 is 9.47 Å². The van der Waals surface area contributed by atoms with Gasteiger partial charge in [-0.05, 0) is 35.9 Å². The standard InChI is InChI=1S/C11H11ClO3/c1-14-9-4-3-5-10(15-2)8(9)6-7-11(12)13/h3-7H,1-2H3. The lowest BCUT2D eigenvalue weighted by atomic mass is 10.1. The third kappa shape index (κ3) is 2.99. The molecule has 1 aromatic carbocycles. The van der Waals surface area contributed by atoms with Crippen LogP contribution in [0.2, 0.25) is 0 Å². The van der Waals surface area contributed by atoms with Crippen molar-refractivity contribution in [3.8, 4) is 11.5 Å². The highest BCUT2D eigenvalue weighted by molar-refractivity contribution is 6.66. The number of hydrogen-bond donors (Lipinski definition) is 0. The summed E-state index contributed by atoms with van der Waals surface area (Å²) in [6, 6.07) is 5.36.